The van der Waals surface area contributed by atoms with Gasteiger partial charge in [-0.15, -0.1) is 0 Å². The summed E-state index contributed by atoms with van der Waals surface area (Å²) in [6, 6.07) is 7.59. The number of aliphatic hydroxyl groups is 1. The number of aromatic nitrogens is 2. The Bertz CT molecular complexity index is 1110. The fourth-order valence-electron chi connectivity index (χ4n) is 3.25. The summed E-state index contributed by atoms with van der Waals surface area (Å²) in [5.74, 6) is -2.00. The van der Waals surface area contributed by atoms with Gasteiger partial charge in [-0.25, -0.2) is 4.79 Å². The standard InChI is InChI=1S/C20H23N3O5/c1-10(9-24)21-8-14-7-13-6-12(4-5-15(13)23(14)3)17-11(2)18(25)16(20(27)28)19(26)22-17/h4-7,10,21,24H,8-9H2,1-3H3,(H,27,28)(H2,22,25,26). The number of nitrogens with one attached hydrogen (secondary N) is 2. The maximum atomic E-state index is 12.1. The second kappa shape index (κ2) is 7.49. The van der Waals surface area contributed by atoms with Gasteiger partial charge in [0.2, 0.25) is 0 Å². The fraction of sp³-hybridized carbons (Fsp3) is 0.300. The lowest BCUT2D eigenvalue weighted by atomic mass is 10.0. The Labute approximate surface area is 161 Å². The number of H-pyrrole nitrogens is 1. The lowest BCUT2D eigenvalue weighted by Crippen LogP contribution is -2.29. The van der Waals surface area contributed by atoms with Crippen LogP contribution in [-0.2, 0) is 13.6 Å². The van der Waals surface area contributed by atoms with E-state index in [0.29, 0.717) is 23.4 Å². The molecule has 28 heavy (non-hydrogen) atoms. The number of aromatic carboxylic acids is 1. The van der Waals surface area contributed by atoms with E-state index in [-0.39, 0.29) is 12.6 Å². The molecule has 5 N–H and O–H groups in total. The van der Waals surface area contributed by atoms with E-state index in [2.05, 4.69) is 10.3 Å². The number of aliphatic hydroxyl groups excluding tert-OH is 1. The second-order valence-electron chi connectivity index (χ2n) is 6.92. The number of carboxylic acids is 1. The highest BCUT2D eigenvalue weighted by molar-refractivity contribution is 5.92. The molecule has 0 saturated carbocycles. The molecule has 0 aliphatic carbocycles. The summed E-state index contributed by atoms with van der Waals surface area (Å²) in [6.45, 7) is 4.10. The van der Waals surface area contributed by atoms with Crippen molar-refractivity contribution >= 4 is 16.9 Å². The van der Waals surface area contributed by atoms with Crippen LogP contribution in [0.5, 0.6) is 5.75 Å². The van der Waals surface area contributed by atoms with Gasteiger partial charge in [0.15, 0.2) is 5.56 Å². The Kier molecular flexibility index (Phi) is 5.26. The van der Waals surface area contributed by atoms with Gasteiger partial charge in [0, 0.05) is 41.8 Å². The molecule has 0 radical (unpaired) electrons. The van der Waals surface area contributed by atoms with Crippen LogP contribution in [0.25, 0.3) is 22.2 Å². The van der Waals surface area contributed by atoms with Crippen molar-refractivity contribution in [1.29, 1.82) is 0 Å². The molecule has 1 aromatic carbocycles. The molecule has 1 unspecified atom stereocenters. The van der Waals surface area contributed by atoms with Crippen LogP contribution < -0.4 is 10.9 Å². The van der Waals surface area contributed by atoms with E-state index < -0.39 is 22.8 Å². The number of aromatic amines is 1. The molecule has 8 heteroatoms. The zero-order chi connectivity index (χ0) is 20.6. The van der Waals surface area contributed by atoms with E-state index in [1.807, 2.05) is 42.8 Å². The van der Waals surface area contributed by atoms with Gasteiger partial charge in [-0.05, 0) is 37.6 Å². The van der Waals surface area contributed by atoms with Crippen molar-refractivity contribution in [3.8, 4) is 17.0 Å². The number of carbonyl (C=O) groups is 1. The van der Waals surface area contributed by atoms with Gasteiger partial charge < -0.3 is 30.2 Å². The zero-order valence-electron chi connectivity index (χ0n) is 15.9. The molecule has 2 heterocycles. The third-order valence-electron chi connectivity index (χ3n) is 4.98. The molecule has 0 spiro atoms. The van der Waals surface area contributed by atoms with E-state index in [4.69, 9.17) is 10.2 Å². The lowest BCUT2D eigenvalue weighted by molar-refractivity contribution is 0.0691. The molecule has 1 atom stereocenters. The molecule has 8 nitrogen and oxygen atoms in total. The molecule has 0 bridgehead atoms. The molecule has 2 aromatic heterocycles. The first-order valence-electron chi connectivity index (χ1n) is 8.86. The van der Waals surface area contributed by atoms with Crippen LogP contribution in [0.4, 0.5) is 0 Å². The van der Waals surface area contributed by atoms with Crippen molar-refractivity contribution < 1.29 is 20.1 Å². The number of pyridine rings is 1. The molecular weight excluding hydrogens is 362 g/mol. The summed E-state index contributed by atoms with van der Waals surface area (Å²) < 4.78 is 2.04. The van der Waals surface area contributed by atoms with E-state index in [1.54, 1.807) is 6.92 Å². The van der Waals surface area contributed by atoms with Crippen LogP contribution in [0, 0.1) is 6.92 Å². The summed E-state index contributed by atoms with van der Waals surface area (Å²) in [4.78, 5) is 25.9. The van der Waals surface area contributed by atoms with Crippen molar-refractivity contribution in [2.75, 3.05) is 6.61 Å². The van der Waals surface area contributed by atoms with Crippen LogP contribution in [0.2, 0.25) is 0 Å². The number of carboxylic acid groups (broad SMARTS) is 1. The molecule has 3 aromatic rings. The predicted molar refractivity (Wildman–Crippen MR) is 106 cm³/mol. The van der Waals surface area contributed by atoms with Crippen LogP contribution in [-0.4, -0.2) is 43.5 Å². The third kappa shape index (κ3) is 3.39. The first kappa shape index (κ1) is 19.7. The smallest absolute Gasteiger partial charge is 0.345 e. The lowest BCUT2D eigenvalue weighted by Gasteiger charge is -2.11. The number of nitrogens with zero attached hydrogens (tertiary/aromatic N) is 1. The highest BCUT2D eigenvalue weighted by atomic mass is 16.4. The Hall–Kier alpha value is -3.10. The average Bonchev–Trinajstić information content (AvgIpc) is 2.97. The van der Waals surface area contributed by atoms with E-state index in [9.17, 15) is 14.7 Å². The summed E-state index contributed by atoms with van der Waals surface area (Å²) in [7, 11) is 1.95. The largest absolute Gasteiger partial charge is 0.506 e. The summed E-state index contributed by atoms with van der Waals surface area (Å²) >= 11 is 0. The summed E-state index contributed by atoms with van der Waals surface area (Å²) in [6.07, 6.45) is 0. The van der Waals surface area contributed by atoms with E-state index >= 15 is 0 Å². The van der Waals surface area contributed by atoms with Gasteiger partial charge in [-0.1, -0.05) is 6.07 Å². The van der Waals surface area contributed by atoms with Gasteiger partial charge >= 0.3 is 5.97 Å². The normalized spacial score (nSPS) is 12.4. The molecule has 0 aliphatic rings. The minimum Gasteiger partial charge on any atom is -0.506 e. The summed E-state index contributed by atoms with van der Waals surface area (Å²) in [5, 5.41) is 32.6. The van der Waals surface area contributed by atoms with Gasteiger partial charge in [-0.3, -0.25) is 4.79 Å². The van der Waals surface area contributed by atoms with E-state index in [1.165, 1.54) is 0 Å². The van der Waals surface area contributed by atoms with Gasteiger partial charge in [0.1, 0.15) is 5.75 Å². The molecule has 3 rings (SSSR count). The maximum absolute atomic E-state index is 12.1. The number of rotatable bonds is 6. The third-order valence-corrected chi connectivity index (χ3v) is 4.98. The maximum Gasteiger partial charge on any atom is 0.345 e. The first-order chi connectivity index (χ1) is 13.2. The number of hydrogen-bond acceptors (Lipinski definition) is 5. The van der Waals surface area contributed by atoms with Crippen molar-refractivity contribution in [2.45, 2.75) is 26.4 Å². The van der Waals surface area contributed by atoms with Crippen LogP contribution in [0.1, 0.15) is 28.5 Å². The average molecular weight is 385 g/mol. The Morgan fingerprint density at radius 3 is 2.68 bits per heavy atom. The minimum atomic E-state index is -1.47. The molecule has 0 amide bonds. The van der Waals surface area contributed by atoms with Crippen LogP contribution in [0.15, 0.2) is 29.1 Å². The number of benzene rings is 1. The number of fused-ring (bicyclic) bond motifs is 1. The topological polar surface area (TPSA) is 128 Å². The number of aromatic hydroxyl groups is 1. The van der Waals surface area contributed by atoms with Gasteiger partial charge in [0.05, 0.1) is 12.3 Å². The summed E-state index contributed by atoms with van der Waals surface area (Å²) in [5.41, 5.74) is 1.86. The monoisotopic (exact) mass is 385 g/mol. The highest BCUT2D eigenvalue weighted by Gasteiger charge is 2.20. The molecule has 0 saturated heterocycles. The molecule has 0 fully saturated rings. The first-order valence-corrected chi connectivity index (χ1v) is 8.86. The fourth-order valence-corrected chi connectivity index (χ4v) is 3.25. The van der Waals surface area contributed by atoms with Gasteiger partial charge in [0.25, 0.3) is 5.56 Å². The number of hydrogen-bond donors (Lipinski definition) is 5. The Balaban J connectivity index is 2.06. The van der Waals surface area contributed by atoms with Crippen molar-refractivity contribution in [1.82, 2.24) is 14.9 Å². The number of aryl methyl sites for hydroxylation is 1. The SMILES string of the molecule is Cc1c(-c2ccc3c(c2)cc(CNC(C)CO)n3C)[nH]c(=O)c(C(=O)O)c1O. The minimum absolute atomic E-state index is 0.0166. The molecule has 0 aliphatic heterocycles. The predicted octanol–water partition coefficient (Wildman–Crippen LogP) is 1.72. The second-order valence-corrected chi connectivity index (χ2v) is 6.92. The highest BCUT2D eigenvalue weighted by Crippen LogP contribution is 2.31. The van der Waals surface area contributed by atoms with E-state index in [0.717, 1.165) is 16.6 Å². The Morgan fingerprint density at radius 2 is 2.04 bits per heavy atom. The van der Waals surface area contributed by atoms with Crippen LogP contribution in [0.3, 0.4) is 0 Å². The zero-order valence-corrected chi connectivity index (χ0v) is 15.9. The molecule has 148 valence electrons. The van der Waals surface area contributed by atoms with Crippen LogP contribution >= 0.6 is 0 Å². The van der Waals surface area contributed by atoms with Crippen molar-refractivity contribution in [3.05, 3.63) is 51.4 Å². The van der Waals surface area contributed by atoms with Gasteiger partial charge in [-0.2, -0.15) is 0 Å². The van der Waals surface area contributed by atoms with Crippen molar-refractivity contribution in [2.24, 2.45) is 7.05 Å². The Morgan fingerprint density at radius 1 is 1.32 bits per heavy atom. The quantitative estimate of drug-likeness (QED) is 0.440. The molecular formula is C20H23N3O5. The van der Waals surface area contributed by atoms with Crippen molar-refractivity contribution in [3.63, 3.8) is 0 Å².